The van der Waals surface area contributed by atoms with Crippen molar-refractivity contribution in [3.8, 4) is 11.5 Å². The lowest BCUT2D eigenvalue weighted by Gasteiger charge is -2.40. The Hall–Kier alpha value is -1.55. The summed E-state index contributed by atoms with van der Waals surface area (Å²) in [6, 6.07) is 3.45. The number of carbonyl (C=O) groups excluding carboxylic acids is 1. The zero-order chi connectivity index (χ0) is 13.6. The Morgan fingerprint density at radius 3 is 2.95 bits per heavy atom. The molecule has 0 radical (unpaired) electrons. The van der Waals surface area contributed by atoms with Gasteiger partial charge in [-0.05, 0) is 37.6 Å². The SMILES string of the molecule is COc1cc(O)c2c(c1)C1CN(C)CCC1CC2=O. The number of hydrogen-bond donors (Lipinski definition) is 1. The van der Waals surface area contributed by atoms with E-state index in [1.54, 1.807) is 7.11 Å². The topological polar surface area (TPSA) is 49.8 Å². The Labute approximate surface area is 113 Å². The molecule has 3 rings (SSSR count). The zero-order valence-electron chi connectivity index (χ0n) is 11.3. The normalized spacial score (nSPS) is 26.7. The van der Waals surface area contributed by atoms with Crippen molar-refractivity contribution in [2.75, 3.05) is 27.2 Å². The van der Waals surface area contributed by atoms with E-state index in [0.717, 1.165) is 25.1 Å². The highest BCUT2D eigenvalue weighted by molar-refractivity contribution is 6.01. The number of nitrogens with zero attached hydrogens (tertiary/aromatic N) is 1. The van der Waals surface area contributed by atoms with Crippen molar-refractivity contribution in [2.45, 2.75) is 18.8 Å². The first-order valence-corrected chi connectivity index (χ1v) is 6.72. The third-order valence-corrected chi connectivity index (χ3v) is 4.44. The van der Waals surface area contributed by atoms with Crippen LogP contribution in [0.4, 0.5) is 0 Å². The molecule has 1 fully saturated rings. The molecule has 19 heavy (non-hydrogen) atoms. The number of piperidine rings is 1. The second kappa shape index (κ2) is 4.53. The van der Waals surface area contributed by atoms with Crippen LogP contribution in [0.3, 0.4) is 0 Å². The maximum Gasteiger partial charge on any atom is 0.167 e. The molecule has 1 aliphatic carbocycles. The van der Waals surface area contributed by atoms with Crippen LogP contribution in [0.25, 0.3) is 0 Å². The van der Waals surface area contributed by atoms with Crippen LogP contribution in [0.1, 0.15) is 34.7 Å². The number of Topliss-reactive ketones (excluding diaryl/α,β-unsaturated/α-hetero) is 1. The van der Waals surface area contributed by atoms with Gasteiger partial charge in [-0.25, -0.2) is 0 Å². The maximum atomic E-state index is 12.2. The molecule has 1 aliphatic heterocycles. The second-order valence-electron chi connectivity index (χ2n) is 5.66. The second-order valence-corrected chi connectivity index (χ2v) is 5.66. The monoisotopic (exact) mass is 261 g/mol. The van der Waals surface area contributed by atoms with Crippen molar-refractivity contribution in [3.63, 3.8) is 0 Å². The summed E-state index contributed by atoms with van der Waals surface area (Å²) < 4.78 is 5.22. The lowest BCUT2D eigenvalue weighted by Crippen LogP contribution is -2.40. The number of ether oxygens (including phenoxy) is 1. The molecule has 1 saturated heterocycles. The minimum absolute atomic E-state index is 0.0611. The number of phenolic OH excluding ortho intramolecular Hbond substituents is 1. The summed E-state index contributed by atoms with van der Waals surface area (Å²) in [7, 11) is 3.68. The van der Waals surface area contributed by atoms with Gasteiger partial charge < -0.3 is 14.7 Å². The average molecular weight is 261 g/mol. The fourth-order valence-electron chi connectivity index (χ4n) is 3.44. The average Bonchev–Trinajstić information content (AvgIpc) is 2.39. The third-order valence-electron chi connectivity index (χ3n) is 4.44. The van der Waals surface area contributed by atoms with Gasteiger partial charge in [0.25, 0.3) is 0 Å². The summed E-state index contributed by atoms with van der Waals surface area (Å²) in [5.74, 6) is 1.49. The first-order valence-electron chi connectivity index (χ1n) is 6.72. The minimum atomic E-state index is 0.0611. The van der Waals surface area contributed by atoms with Crippen LogP contribution < -0.4 is 4.74 Å². The molecule has 0 bridgehead atoms. The van der Waals surface area contributed by atoms with Crippen molar-refractivity contribution in [1.82, 2.24) is 4.90 Å². The number of likely N-dealkylation sites (tertiary alicyclic amines) is 1. The van der Waals surface area contributed by atoms with Crippen molar-refractivity contribution in [3.05, 3.63) is 23.3 Å². The highest BCUT2D eigenvalue weighted by Gasteiger charge is 2.38. The van der Waals surface area contributed by atoms with Crippen LogP contribution in [-0.2, 0) is 0 Å². The highest BCUT2D eigenvalue weighted by Crippen LogP contribution is 2.45. The molecule has 2 unspecified atom stereocenters. The number of fused-ring (bicyclic) bond motifs is 3. The molecule has 1 N–H and O–H groups in total. The maximum absolute atomic E-state index is 12.2. The summed E-state index contributed by atoms with van der Waals surface area (Å²) in [4.78, 5) is 14.5. The van der Waals surface area contributed by atoms with Crippen molar-refractivity contribution >= 4 is 5.78 Å². The lowest BCUT2D eigenvalue weighted by atomic mass is 9.71. The highest BCUT2D eigenvalue weighted by atomic mass is 16.5. The van der Waals surface area contributed by atoms with Gasteiger partial charge in [0.1, 0.15) is 11.5 Å². The number of likely N-dealkylation sites (N-methyl/N-ethyl adjacent to an activating group) is 1. The van der Waals surface area contributed by atoms with Crippen molar-refractivity contribution in [2.24, 2.45) is 5.92 Å². The minimum Gasteiger partial charge on any atom is -0.507 e. The molecule has 1 aromatic rings. The number of methoxy groups -OCH3 is 1. The van der Waals surface area contributed by atoms with Gasteiger partial charge in [-0.2, -0.15) is 0 Å². The predicted molar refractivity (Wildman–Crippen MR) is 72.0 cm³/mol. The number of phenols is 1. The van der Waals surface area contributed by atoms with E-state index in [1.807, 2.05) is 6.07 Å². The van der Waals surface area contributed by atoms with E-state index < -0.39 is 0 Å². The molecule has 4 heteroatoms. The molecular formula is C15H19NO3. The summed E-state index contributed by atoms with van der Waals surface area (Å²) >= 11 is 0. The van der Waals surface area contributed by atoms with Crippen LogP contribution in [0.15, 0.2) is 12.1 Å². The molecule has 102 valence electrons. The van der Waals surface area contributed by atoms with Gasteiger partial charge in [0.2, 0.25) is 0 Å². The molecule has 4 nitrogen and oxygen atoms in total. The number of benzene rings is 1. The lowest BCUT2D eigenvalue weighted by molar-refractivity contribution is 0.0883. The Balaban J connectivity index is 2.11. The van der Waals surface area contributed by atoms with E-state index >= 15 is 0 Å². The van der Waals surface area contributed by atoms with Gasteiger partial charge in [-0.15, -0.1) is 0 Å². The van der Waals surface area contributed by atoms with Gasteiger partial charge in [0, 0.05) is 24.9 Å². The van der Waals surface area contributed by atoms with Gasteiger partial charge >= 0.3 is 0 Å². The Morgan fingerprint density at radius 2 is 2.21 bits per heavy atom. The van der Waals surface area contributed by atoms with Gasteiger partial charge in [-0.1, -0.05) is 0 Å². The molecular weight excluding hydrogens is 242 g/mol. The van der Waals surface area contributed by atoms with E-state index in [4.69, 9.17) is 4.74 Å². The van der Waals surface area contributed by atoms with Gasteiger partial charge in [-0.3, -0.25) is 4.79 Å². The summed E-state index contributed by atoms with van der Waals surface area (Å²) in [5, 5.41) is 10.1. The van der Waals surface area contributed by atoms with Crippen molar-refractivity contribution in [1.29, 1.82) is 0 Å². The van der Waals surface area contributed by atoms with Crippen LogP contribution in [0.5, 0.6) is 11.5 Å². The third kappa shape index (κ3) is 2.00. The smallest absolute Gasteiger partial charge is 0.167 e. The molecule has 0 amide bonds. The van der Waals surface area contributed by atoms with Crippen molar-refractivity contribution < 1.29 is 14.6 Å². The van der Waals surface area contributed by atoms with Gasteiger partial charge in [0.15, 0.2) is 5.78 Å². The predicted octanol–water partition coefficient (Wildman–Crippen LogP) is 2.02. The Morgan fingerprint density at radius 1 is 1.42 bits per heavy atom. The van der Waals surface area contributed by atoms with E-state index in [-0.39, 0.29) is 11.5 Å². The largest absolute Gasteiger partial charge is 0.507 e. The van der Waals surface area contributed by atoms with E-state index in [2.05, 4.69) is 11.9 Å². The Bertz CT molecular complexity index is 526. The van der Waals surface area contributed by atoms with Crippen LogP contribution >= 0.6 is 0 Å². The summed E-state index contributed by atoms with van der Waals surface area (Å²) in [5.41, 5.74) is 1.47. The molecule has 0 spiro atoms. The van der Waals surface area contributed by atoms with Crippen LogP contribution in [-0.4, -0.2) is 43.0 Å². The van der Waals surface area contributed by atoms with Crippen LogP contribution in [0, 0.1) is 5.92 Å². The first-order chi connectivity index (χ1) is 9.10. The van der Waals surface area contributed by atoms with E-state index in [0.29, 0.717) is 29.6 Å². The number of rotatable bonds is 1. The molecule has 1 aromatic carbocycles. The summed E-state index contributed by atoms with van der Waals surface area (Å²) in [6.45, 7) is 1.98. The quantitative estimate of drug-likeness (QED) is 0.840. The molecule has 2 aliphatic rings. The Kier molecular flexibility index (Phi) is 2.97. The zero-order valence-corrected chi connectivity index (χ0v) is 11.3. The number of aromatic hydroxyl groups is 1. The molecule has 1 heterocycles. The fourth-order valence-corrected chi connectivity index (χ4v) is 3.44. The number of carbonyl (C=O) groups is 1. The number of hydrogen-bond acceptors (Lipinski definition) is 4. The standard InChI is InChI=1S/C15H19NO3/c1-16-4-3-9-5-13(17)15-11(12(9)8-16)6-10(19-2)7-14(15)18/h6-7,9,12,18H,3-5,8H2,1-2H3. The van der Waals surface area contributed by atoms with Crippen LogP contribution in [0.2, 0.25) is 0 Å². The number of ketones is 1. The molecule has 0 aromatic heterocycles. The molecule has 0 saturated carbocycles. The van der Waals surface area contributed by atoms with E-state index in [9.17, 15) is 9.90 Å². The fraction of sp³-hybridized carbons (Fsp3) is 0.533. The van der Waals surface area contributed by atoms with Gasteiger partial charge in [0.05, 0.1) is 12.7 Å². The molecule has 2 atom stereocenters. The van der Waals surface area contributed by atoms with E-state index in [1.165, 1.54) is 6.07 Å². The first kappa shape index (κ1) is 12.5. The summed E-state index contributed by atoms with van der Waals surface area (Å²) in [6.07, 6.45) is 1.61.